The highest BCUT2D eigenvalue weighted by molar-refractivity contribution is 8.00. The van der Waals surface area contributed by atoms with E-state index >= 15 is 0 Å². The molecular weight excluding hydrogens is 220 g/mol. The SMILES string of the molecule is SC(S)(c1ccccc1)c1ccccc1. The van der Waals surface area contributed by atoms with Crippen LogP contribution in [0.3, 0.4) is 0 Å². The van der Waals surface area contributed by atoms with E-state index in [4.69, 9.17) is 0 Å². The maximum absolute atomic E-state index is 4.63. The van der Waals surface area contributed by atoms with Crippen LogP contribution in [0.5, 0.6) is 0 Å². The van der Waals surface area contributed by atoms with Gasteiger partial charge in [0.2, 0.25) is 0 Å². The molecular formula is C13H12S2. The van der Waals surface area contributed by atoms with Crippen molar-refractivity contribution in [1.82, 2.24) is 0 Å². The summed E-state index contributed by atoms with van der Waals surface area (Å²) in [6, 6.07) is 20.1. The Balaban J connectivity index is 2.44. The minimum absolute atomic E-state index is 0.525. The molecule has 0 fully saturated rings. The van der Waals surface area contributed by atoms with Crippen LogP contribution in [0.2, 0.25) is 0 Å². The van der Waals surface area contributed by atoms with Gasteiger partial charge in [0.1, 0.15) is 4.08 Å². The van der Waals surface area contributed by atoms with Crippen LogP contribution >= 0.6 is 25.3 Å². The second kappa shape index (κ2) is 4.33. The second-order valence-electron chi connectivity index (χ2n) is 3.40. The van der Waals surface area contributed by atoms with Gasteiger partial charge < -0.3 is 0 Å². The lowest BCUT2D eigenvalue weighted by Crippen LogP contribution is -2.11. The quantitative estimate of drug-likeness (QED) is 0.572. The zero-order valence-electron chi connectivity index (χ0n) is 8.17. The van der Waals surface area contributed by atoms with E-state index in [0.29, 0.717) is 0 Å². The molecule has 2 aromatic carbocycles. The Kier molecular flexibility index (Phi) is 3.08. The van der Waals surface area contributed by atoms with Crippen molar-refractivity contribution >= 4 is 25.3 Å². The van der Waals surface area contributed by atoms with Crippen molar-refractivity contribution < 1.29 is 0 Å². The van der Waals surface area contributed by atoms with Gasteiger partial charge in [0.15, 0.2) is 0 Å². The van der Waals surface area contributed by atoms with E-state index in [1.807, 2.05) is 60.7 Å². The summed E-state index contributed by atoms with van der Waals surface area (Å²) >= 11 is 9.26. The molecule has 0 bridgehead atoms. The van der Waals surface area contributed by atoms with E-state index in [-0.39, 0.29) is 0 Å². The number of thiol groups is 2. The number of rotatable bonds is 2. The molecule has 0 spiro atoms. The third kappa shape index (κ3) is 2.21. The van der Waals surface area contributed by atoms with E-state index in [1.165, 1.54) is 0 Å². The molecule has 76 valence electrons. The first-order valence-corrected chi connectivity index (χ1v) is 5.66. The Morgan fingerprint density at radius 1 is 0.600 bits per heavy atom. The number of hydrogen-bond acceptors (Lipinski definition) is 2. The van der Waals surface area contributed by atoms with Gasteiger partial charge in [-0.3, -0.25) is 0 Å². The average Bonchev–Trinajstić information content (AvgIpc) is 2.31. The summed E-state index contributed by atoms with van der Waals surface area (Å²) in [5, 5.41) is 0. The van der Waals surface area contributed by atoms with Gasteiger partial charge in [0.05, 0.1) is 0 Å². The summed E-state index contributed by atoms with van der Waals surface area (Å²) in [5.74, 6) is 0. The first kappa shape index (κ1) is 10.7. The van der Waals surface area contributed by atoms with Gasteiger partial charge in [-0.05, 0) is 11.1 Å². The predicted molar refractivity (Wildman–Crippen MR) is 71.6 cm³/mol. The predicted octanol–water partition coefficient (Wildman–Crippen LogP) is 3.75. The van der Waals surface area contributed by atoms with E-state index in [2.05, 4.69) is 25.3 Å². The van der Waals surface area contributed by atoms with E-state index < -0.39 is 4.08 Å². The second-order valence-corrected chi connectivity index (χ2v) is 5.10. The summed E-state index contributed by atoms with van der Waals surface area (Å²) in [6.07, 6.45) is 0. The van der Waals surface area contributed by atoms with Crippen molar-refractivity contribution in [3.05, 3.63) is 71.8 Å². The molecule has 0 aliphatic carbocycles. The summed E-state index contributed by atoms with van der Waals surface area (Å²) in [7, 11) is 0. The summed E-state index contributed by atoms with van der Waals surface area (Å²) in [4.78, 5) is 0. The molecule has 0 N–H and O–H groups in total. The van der Waals surface area contributed by atoms with Crippen molar-refractivity contribution in [2.75, 3.05) is 0 Å². The van der Waals surface area contributed by atoms with Crippen LogP contribution in [-0.4, -0.2) is 0 Å². The fraction of sp³-hybridized carbons (Fsp3) is 0.0769. The zero-order chi connectivity index (χ0) is 10.7. The van der Waals surface area contributed by atoms with Crippen LogP contribution < -0.4 is 0 Å². The van der Waals surface area contributed by atoms with Gasteiger partial charge in [-0.25, -0.2) is 0 Å². The highest BCUT2D eigenvalue weighted by Gasteiger charge is 2.24. The highest BCUT2D eigenvalue weighted by atomic mass is 32.2. The van der Waals surface area contributed by atoms with Crippen molar-refractivity contribution in [2.24, 2.45) is 0 Å². The average molecular weight is 232 g/mol. The zero-order valence-corrected chi connectivity index (χ0v) is 9.96. The molecule has 0 saturated carbocycles. The van der Waals surface area contributed by atoms with Crippen molar-refractivity contribution in [1.29, 1.82) is 0 Å². The molecule has 0 amide bonds. The van der Waals surface area contributed by atoms with Gasteiger partial charge >= 0.3 is 0 Å². The molecule has 15 heavy (non-hydrogen) atoms. The molecule has 2 heteroatoms. The van der Waals surface area contributed by atoms with Gasteiger partial charge in [0.25, 0.3) is 0 Å². The smallest absolute Gasteiger partial charge is 0.106 e. The van der Waals surface area contributed by atoms with Gasteiger partial charge in [0, 0.05) is 0 Å². The molecule has 0 heterocycles. The lowest BCUT2D eigenvalue weighted by Gasteiger charge is -2.23. The normalized spacial score (nSPS) is 11.3. The molecule has 0 saturated heterocycles. The van der Waals surface area contributed by atoms with Crippen molar-refractivity contribution in [3.8, 4) is 0 Å². The summed E-state index contributed by atoms with van der Waals surface area (Å²) in [6.45, 7) is 0. The van der Waals surface area contributed by atoms with Crippen LogP contribution in [0.4, 0.5) is 0 Å². The number of benzene rings is 2. The molecule has 0 radical (unpaired) electrons. The maximum Gasteiger partial charge on any atom is 0.106 e. The fourth-order valence-electron chi connectivity index (χ4n) is 1.51. The first-order valence-electron chi connectivity index (χ1n) is 4.77. The fourth-order valence-corrected chi connectivity index (χ4v) is 2.10. The maximum atomic E-state index is 4.63. The third-order valence-corrected chi connectivity index (χ3v) is 3.39. The van der Waals surface area contributed by atoms with Gasteiger partial charge in [-0.1, -0.05) is 60.7 Å². The molecule has 0 aliphatic rings. The molecule has 2 rings (SSSR count). The van der Waals surface area contributed by atoms with E-state index in [9.17, 15) is 0 Å². The highest BCUT2D eigenvalue weighted by Crippen LogP contribution is 2.39. The Labute approximate surface area is 101 Å². The van der Waals surface area contributed by atoms with Crippen LogP contribution in [-0.2, 0) is 4.08 Å². The summed E-state index contributed by atoms with van der Waals surface area (Å²) < 4.78 is -0.525. The number of hydrogen-bond donors (Lipinski definition) is 2. The summed E-state index contributed by atoms with van der Waals surface area (Å²) in [5.41, 5.74) is 2.17. The Morgan fingerprint density at radius 2 is 0.933 bits per heavy atom. The monoisotopic (exact) mass is 232 g/mol. The minimum Gasteiger partial charge on any atom is -0.152 e. The molecule has 0 aromatic heterocycles. The van der Waals surface area contributed by atoms with E-state index in [0.717, 1.165) is 11.1 Å². The lowest BCUT2D eigenvalue weighted by atomic mass is 10.0. The van der Waals surface area contributed by atoms with Crippen molar-refractivity contribution in [3.63, 3.8) is 0 Å². The molecule has 0 unspecified atom stereocenters. The molecule has 2 aromatic rings. The van der Waals surface area contributed by atoms with Crippen LogP contribution in [0.15, 0.2) is 60.7 Å². The van der Waals surface area contributed by atoms with E-state index in [1.54, 1.807) is 0 Å². The largest absolute Gasteiger partial charge is 0.152 e. The minimum atomic E-state index is -0.525. The standard InChI is InChI=1S/C13H12S2/c14-13(15,11-7-3-1-4-8-11)12-9-5-2-6-10-12/h1-10,14-15H. The van der Waals surface area contributed by atoms with Gasteiger partial charge in [-0.2, -0.15) is 25.3 Å². The topological polar surface area (TPSA) is 0 Å². The lowest BCUT2D eigenvalue weighted by molar-refractivity contribution is 1.09. The van der Waals surface area contributed by atoms with Crippen molar-refractivity contribution in [2.45, 2.75) is 4.08 Å². The van der Waals surface area contributed by atoms with Crippen LogP contribution in [0, 0.1) is 0 Å². The van der Waals surface area contributed by atoms with Crippen LogP contribution in [0.25, 0.3) is 0 Å². The molecule has 0 aliphatic heterocycles. The Morgan fingerprint density at radius 3 is 1.27 bits per heavy atom. The first-order chi connectivity index (χ1) is 7.21. The van der Waals surface area contributed by atoms with Crippen LogP contribution in [0.1, 0.15) is 11.1 Å². The van der Waals surface area contributed by atoms with Gasteiger partial charge in [-0.15, -0.1) is 0 Å². The Hall–Kier alpha value is -0.860. The molecule has 0 nitrogen and oxygen atoms in total. The third-order valence-electron chi connectivity index (χ3n) is 2.35. The Bertz CT molecular complexity index is 379. The molecule has 0 atom stereocenters.